The van der Waals surface area contributed by atoms with Gasteiger partial charge in [-0.1, -0.05) is 30.3 Å². The number of nitrogens with two attached hydrogens (primary N) is 1. The smallest absolute Gasteiger partial charge is 0.233 e. The predicted octanol–water partition coefficient (Wildman–Crippen LogP) is 0.278. The zero-order chi connectivity index (χ0) is 10.9. The molecule has 0 saturated carbocycles. The molecular formula is C11H16N2O2. The first-order valence-corrected chi connectivity index (χ1v) is 4.91. The summed E-state index contributed by atoms with van der Waals surface area (Å²) in [5.41, 5.74) is 6.25. The van der Waals surface area contributed by atoms with Crippen LogP contribution in [0.15, 0.2) is 30.3 Å². The number of carbonyl (C=O) groups excluding carboxylic acids is 1. The minimum absolute atomic E-state index is 0.0265. The highest BCUT2D eigenvalue weighted by molar-refractivity contribution is 5.77. The number of amides is 1. The van der Waals surface area contributed by atoms with Crippen LogP contribution in [0.1, 0.15) is 5.56 Å². The molecule has 0 bridgehead atoms. The Kier molecular flexibility index (Phi) is 5.43. The van der Waals surface area contributed by atoms with E-state index in [0.29, 0.717) is 19.8 Å². The SMILES string of the molecule is NCC(=O)NCCOCc1ccccc1. The maximum absolute atomic E-state index is 10.8. The fourth-order valence-corrected chi connectivity index (χ4v) is 1.10. The average Bonchev–Trinajstić information content (AvgIpc) is 2.29. The number of rotatable bonds is 6. The third-order valence-corrected chi connectivity index (χ3v) is 1.87. The van der Waals surface area contributed by atoms with Gasteiger partial charge in [-0.05, 0) is 5.56 Å². The molecule has 15 heavy (non-hydrogen) atoms. The zero-order valence-electron chi connectivity index (χ0n) is 8.61. The van der Waals surface area contributed by atoms with Crippen molar-refractivity contribution in [2.24, 2.45) is 5.73 Å². The van der Waals surface area contributed by atoms with Crippen LogP contribution in [-0.2, 0) is 16.1 Å². The largest absolute Gasteiger partial charge is 0.375 e. The van der Waals surface area contributed by atoms with Gasteiger partial charge in [0.05, 0.1) is 19.8 Å². The van der Waals surface area contributed by atoms with Crippen LogP contribution in [0.25, 0.3) is 0 Å². The van der Waals surface area contributed by atoms with Crippen molar-refractivity contribution in [2.75, 3.05) is 19.7 Å². The van der Waals surface area contributed by atoms with E-state index in [4.69, 9.17) is 10.5 Å². The first kappa shape index (κ1) is 11.7. The van der Waals surface area contributed by atoms with Gasteiger partial charge in [-0.25, -0.2) is 0 Å². The molecular weight excluding hydrogens is 192 g/mol. The summed E-state index contributed by atoms with van der Waals surface area (Å²) in [5, 5.41) is 2.63. The van der Waals surface area contributed by atoms with Gasteiger partial charge in [0.1, 0.15) is 0 Å². The van der Waals surface area contributed by atoms with Crippen LogP contribution < -0.4 is 11.1 Å². The van der Waals surface area contributed by atoms with Crippen molar-refractivity contribution in [1.82, 2.24) is 5.32 Å². The molecule has 1 rings (SSSR count). The van der Waals surface area contributed by atoms with Crippen LogP contribution >= 0.6 is 0 Å². The van der Waals surface area contributed by atoms with Crippen LogP contribution in [0.3, 0.4) is 0 Å². The molecule has 3 N–H and O–H groups in total. The van der Waals surface area contributed by atoms with Crippen LogP contribution in [0, 0.1) is 0 Å². The van der Waals surface area contributed by atoms with Gasteiger partial charge >= 0.3 is 0 Å². The molecule has 0 unspecified atom stereocenters. The summed E-state index contributed by atoms with van der Waals surface area (Å²) in [5.74, 6) is -0.154. The molecule has 0 aliphatic heterocycles. The van der Waals surface area contributed by atoms with E-state index in [0.717, 1.165) is 5.56 Å². The molecule has 0 atom stereocenters. The Bertz CT molecular complexity index is 288. The summed E-state index contributed by atoms with van der Waals surface area (Å²) in [6.45, 7) is 1.60. The van der Waals surface area contributed by atoms with Gasteiger partial charge in [-0.2, -0.15) is 0 Å². The fraction of sp³-hybridized carbons (Fsp3) is 0.364. The normalized spacial score (nSPS) is 9.93. The summed E-state index contributed by atoms with van der Waals surface area (Å²) in [4.78, 5) is 10.8. The second-order valence-electron chi connectivity index (χ2n) is 3.09. The molecule has 0 spiro atoms. The molecule has 4 heteroatoms. The van der Waals surface area contributed by atoms with E-state index in [2.05, 4.69) is 5.32 Å². The Morgan fingerprint density at radius 1 is 1.33 bits per heavy atom. The molecule has 0 aliphatic carbocycles. The molecule has 4 nitrogen and oxygen atoms in total. The van der Waals surface area contributed by atoms with Crippen molar-refractivity contribution >= 4 is 5.91 Å². The minimum atomic E-state index is -0.154. The maximum Gasteiger partial charge on any atom is 0.233 e. The predicted molar refractivity (Wildman–Crippen MR) is 58.2 cm³/mol. The summed E-state index contributed by atoms with van der Waals surface area (Å²) < 4.78 is 5.36. The molecule has 0 fully saturated rings. The number of carbonyl (C=O) groups is 1. The zero-order valence-corrected chi connectivity index (χ0v) is 8.61. The lowest BCUT2D eigenvalue weighted by Gasteiger charge is -2.05. The topological polar surface area (TPSA) is 64.4 Å². The summed E-state index contributed by atoms with van der Waals surface area (Å²) in [6.07, 6.45) is 0. The number of benzene rings is 1. The Labute approximate surface area is 89.4 Å². The first-order valence-electron chi connectivity index (χ1n) is 4.91. The first-order chi connectivity index (χ1) is 7.33. The van der Waals surface area contributed by atoms with E-state index < -0.39 is 0 Å². The van der Waals surface area contributed by atoms with Crippen LogP contribution in [0.4, 0.5) is 0 Å². The van der Waals surface area contributed by atoms with Crippen LogP contribution in [-0.4, -0.2) is 25.6 Å². The van der Waals surface area contributed by atoms with Gasteiger partial charge in [0, 0.05) is 6.54 Å². The molecule has 0 aromatic heterocycles. The Hall–Kier alpha value is -1.39. The van der Waals surface area contributed by atoms with E-state index in [-0.39, 0.29) is 12.5 Å². The third kappa shape index (κ3) is 5.15. The quantitative estimate of drug-likeness (QED) is 0.660. The molecule has 82 valence electrons. The lowest BCUT2D eigenvalue weighted by atomic mass is 10.2. The molecule has 1 amide bonds. The molecule has 1 aromatic carbocycles. The lowest BCUT2D eigenvalue weighted by Crippen LogP contribution is -2.32. The van der Waals surface area contributed by atoms with E-state index in [9.17, 15) is 4.79 Å². The van der Waals surface area contributed by atoms with Crippen molar-refractivity contribution < 1.29 is 9.53 Å². The van der Waals surface area contributed by atoms with E-state index in [1.807, 2.05) is 30.3 Å². The maximum atomic E-state index is 10.8. The van der Waals surface area contributed by atoms with Crippen molar-refractivity contribution in [1.29, 1.82) is 0 Å². The number of nitrogens with one attached hydrogen (secondary N) is 1. The van der Waals surface area contributed by atoms with Crippen LogP contribution in [0.5, 0.6) is 0 Å². The third-order valence-electron chi connectivity index (χ3n) is 1.87. The summed E-state index contributed by atoms with van der Waals surface area (Å²) in [7, 11) is 0. The van der Waals surface area contributed by atoms with Gasteiger partial charge < -0.3 is 15.8 Å². The Balaban J connectivity index is 2.05. The van der Waals surface area contributed by atoms with Crippen molar-refractivity contribution in [3.63, 3.8) is 0 Å². The van der Waals surface area contributed by atoms with Crippen molar-refractivity contribution in [3.8, 4) is 0 Å². The Morgan fingerprint density at radius 3 is 2.73 bits per heavy atom. The van der Waals surface area contributed by atoms with Crippen LogP contribution in [0.2, 0.25) is 0 Å². The molecule has 0 aliphatic rings. The monoisotopic (exact) mass is 208 g/mol. The molecule has 0 radical (unpaired) electrons. The molecule has 0 saturated heterocycles. The standard InChI is InChI=1S/C11H16N2O2/c12-8-11(14)13-6-7-15-9-10-4-2-1-3-5-10/h1-5H,6-9,12H2,(H,13,14). The molecule has 1 aromatic rings. The van der Waals surface area contributed by atoms with Crippen molar-refractivity contribution in [2.45, 2.75) is 6.61 Å². The van der Waals surface area contributed by atoms with Gasteiger partial charge in [0.25, 0.3) is 0 Å². The van der Waals surface area contributed by atoms with E-state index in [1.165, 1.54) is 0 Å². The minimum Gasteiger partial charge on any atom is -0.375 e. The van der Waals surface area contributed by atoms with E-state index in [1.54, 1.807) is 0 Å². The molecule has 0 heterocycles. The van der Waals surface area contributed by atoms with Gasteiger partial charge in [-0.15, -0.1) is 0 Å². The highest BCUT2D eigenvalue weighted by atomic mass is 16.5. The highest BCUT2D eigenvalue weighted by Gasteiger charge is 1.95. The average molecular weight is 208 g/mol. The second-order valence-corrected chi connectivity index (χ2v) is 3.09. The van der Waals surface area contributed by atoms with Gasteiger partial charge in [0.2, 0.25) is 5.91 Å². The van der Waals surface area contributed by atoms with Crippen molar-refractivity contribution in [3.05, 3.63) is 35.9 Å². The fourth-order valence-electron chi connectivity index (χ4n) is 1.10. The number of hydrogen-bond donors (Lipinski definition) is 2. The Morgan fingerprint density at radius 2 is 2.07 bits per heavy atom. The second kappa shape index (κ2) is 6.98. The lowest BCUT2D eigenvalue weighted by molar-refractivity contribution is -0.119. The summed E-state index contributed by atoms with van der Waals surface area (Å²) >= 11 is 0. The van der Waals surface area contributed by atoms with Gasteiger partial charge in [0.15, 0.2) is 0 Å². The van der Waals surface area contributed by atoms with E-state index >= 15 is 0 Å². The highest BCUT2D eigenvalue weighted by Crippen LogP contribution is 1.99. The summed E-state index contributed by atoms with van der Waals surface area (Å²) in [6, 6.07) is 9.89. The number of hydrogen-bond acceptors (Lipinski definition) is 3. The number of ether oxygens (including phenoxy) is 1. The van der Waals surface area contributed by atoms with Gasteiger partial charge in [-0.3, -0.25) is 4.79 Å².